The molecule has 1 aromatic heterocycles. The third-order valence-corrected chi connectivity index (χ3v) is 3.23. The molecule has 1 atom stereocenters. The van der Waals surface area contributed by atoms with Crippen molar-refractivity contribution in [1.82, 2.24) is 10.6 Å². The Labute approximate surface area is 110 Å². The molecule has 1 rings (SSSR count). The Morgan fingerprint density at radius 2 is 2.17 bits per heavy atom. The number of hydrogen-bond acceptors (Lipinski definition) is 3. The molecule has 1 aromatic rings. The number of thiophene rings is 1. The summed E-state index contributed by atoms with van der Waals surface area (Å²) in [7, 11) is 0. The molecule has 0 radical (unpaired) electrons. The molecule has 0 aliphatic rings. The van der Waals surface area contributed by atoms with Gasteiger partial charge in [0.2, 0.25) is 0 Å². The van der Waals surface area contributed by atoms with Crippen molar-refractivity contribution in [3.63, 3.8) is 0 Å². The summed E-state index contributed by atoms with van der Waals surface area (Å²) in [5.74, 6) is -1.16. The SMILES string of the molecule is CC(C)C(NC(=O)NCCc1ccsc1)C(=O)O. The van der Waals surface area contributed by atoms with E-state index in [1.807, 2.05) is 16.8 Å². The summed E-state index contributed by atoms with van der Waals surface area (Å²) < 4.78 is 0. The minimum atomic E-state index is -1.02. The number of urea groups is 1. The van der Waals surface area contributed by atoms with Gasteiger partial charge in [0.1, 0.15) is 6.04 Å². The summed E-state index contributed by atoms with van der Waals surface area (Å²) in [6.07, 6.45) is 0.746. The van der Waals surface area contributed by atoms with Crippen LogP contribution in [0, 0.1) is 5.92 Å². The predicted molar refractivity (Wildman–Crippen MR) is 70.8 cm³/mol. The van der Waals surface area contributed by atoms with Crippen LogP contribution < -0.4 is 10.6 Å². The Hall–Kier alpha value is -1.56. The summed E-state index contributed by atoms with van der Waals surface area (Å²) >= 11 is 1.61. The van der Waals surface area contributed by atoms with E-state index in [4.69, 9.17) is 5.11 Å². The fourth-order valence-corrected chi connectivity index (χ4v) is 2.16. The molecule has 2 amide bonds. The van der Waals surface area contributed by atoms with Crippen molar-refractivity contribution in [1.29, 1.82) is 0 Å². The van der Waals surface area contributed by atoms with Crippen LogP contribution in [0.25, 0.3) is 0 Å². The van der Waals surface area contributed by atoms with Crippen LogP contribution in [-0.2, 0) is 11.2 Å². The molecule has 0 fully saturated rings. The van der Waals surface area contributed by atoms with Crippen LogP contribution in [0.1, 0.15) is 19.4 Å². The molecular weight excluding hydrogens is 252 g/mol. The maximum absolute atomic E-state index is 11.5. The largest absolute Gasteiger partial charge is 0.480 e. The fraction of sp³-hybridized carbons (Fsp3) is 0.500. The van der Waals surface area contributed by atoms with Crippen molar-refractivity contribution >= 4 is 23.3 Å². The van der Waals surface area contributed by atoms with Crippen LogP contribution in [0.5, 0.6) is 0 Å². The number of amides is 2. The molecular formula is C12H18N2O3S. The molecule has 1 heterocycles. The smallest absolute Gasteiger partial charge is 0.326 e. The number of carbonyl (C=O) groups excluding carboxylic acids is 1. The summed E-state index contributed by atoms with van der Waals surface area (Å²) in [6, 6.07) is 0.704. The van der Waals surface area contributed by atoms with Crippen molar-refractivity contribution in [3.05, 3.63) is 22.4 Å². The Morgan fingerprint density at radius 3 is 2.67 bits per heavy atom. The van der Waals surface area contributed by atoms with E-state index in [-0.39, 0.29) is 5.92 Å². The first-order chi connectivity index (χ1) is 8.50. The lowest BCUT2D eigenvalue weighted by Crippen LogP contribution is -2.48. The molecule has 5 nitrogen and oxygen atoms in total. The maximum atomic E-state index is 11.5. The minimum absolute atomic E-state index is 0.148. The van der Waals surface area contributed by atoms with Crippen LogP contribution in [0.4, 0.5) is 4.79 Å². The second-order valence-corrected chi connectivity index (χ2v) is 5.12. The second kappa shape index (κ2) is 7.00. The number of hydrogen-bond donors (Lipinski definition) is 3. The van der Waals surface area contributed by atoms with E-state index in [1.54, 1.807) is 25.2 Å². The Balaban J connectivity index is 2.30. The van der Waals surface area contributed by atoms with Crippen LogP contribution in [-0.4, -0.2) is 29.7 Å². The van der Waals surface area contributed by atoms with E-state index in [9.17, 15) is 9.59 Å². The summed E-state index contributed by atoms with van der Waals surface area (Å²) in [6.45, 7) is 4.00. The van der Waals surface area contributed by atoms with E-state index in [1.165, 1.54) is 5.56 Å². The van der Waals surface area contributed by atoms with Gasteiger partial charge in [-0.25, -0.2) is 9.59 Å². The van der Waals surface area contributed by atoms with Crippen molar-refractivity contribution in [2.45, 2.75) is 26.3 Å². The van der Waals surface area contributed by atoms with Gasteiger partial charge >= 0.3 is 12.0 Å². The Kier molecular flexibility index (Phi) is 5.64. The van der Waals surface area contributed by atoms with E-state index < -0.39 is 18.0 Å². The lowest BCUT2D eigenvalue weighted by Gasteiger charge is -2.18. The highest BCUT2D eigenvalue weighted by molar-refractivity contribution is 7.07. The van der Waals surface area contributed by atoms with E-state index in [0.29, 0.717) is 6.54 Å². The molecule has 0 aromatic carbocycles. The highest BCUT2D eigenvalue weighted by atomic mass is 32.1. The van der Waals surface area contributed by atoms with Gasteiger partial charge in [0.05, 0.1) is 0 Å². The molecule has 3 N–H and O–H groups in total. The van der Waals surface area contributed by atoms with Gasteiger partial charge in [-0.05, 0) is 34.7 Å². The summed E-state index contributed by atoms with van der Waals surface area (Å²) in [5, 5.41) is 18.0. The van der Waals surface area contributed by atoms with Crippen molar-refractivity contribution in [3.8, 4) is 0 Å². The van der Waals surface area contributed by atoms with E-state index in [0.717, 1.165) is 6.42 Å². The quantitative estimate of drug-likeness (QED) is 0.736. The Bertz CT molecular complexity index is 390. The number of carbonyl (C=O) groups is 2. The molecule has 18 heavy (non-hydrogen) atoms. The standard InChI is InChI=1S/C12H18N2O3S/c1-8(2)10(11(15)16)14-12(17)13-5-3-9-4-6-18-7-9/h4,6-8,10H,3,5H2,1-2H3,(H,15,16)(H2,13,14,17). The van der Waals surface area contributed by atoms with Gasteiger partial charge in [-0.15, -0.1) is 0 Å². The normalized spacial score (nSPS) is 12.2. The first-order valence-electron chi connectivity index (χ1n) is 5.79. The third-order valence-electron chi connectivity index (χ3n) is 2.50. The van der Waals surface area contributed by atoms with Gasteiger partial charge in [-0.2, -0.15) is 11.3 Å². The summed E-state index contributed by atoms with van der Waals surface area (Å²) in [5.41, 5.74) is 1.17. The highest BCUT2D eigenvalue weighted by Crippen LogP contribution is 2.05. The molecule has 0 aliphatic carbocycles. The van der Waals surface area contributed by atoms with E-state index in [2.05, 4.69) is 10.6 Å². The van der Waals surface area contributed by atoms with Gasteiger partial charge in [0.25, 0.3) is 0 Å². The zero-order valence-corrected chi connectivity index (χ0v) is 11.3. The fourth-order valence-electron chi connectivity index (χ4n) is 1.46. The zero-order valence-electron chi connectivity index (χ0n) is 10.5. The molecule has 0 aliphatic heterocycles. The number of rotatable bonds is 6. The number of carboxylic acids is 1. The maximum Gasteiger partial charge on any atom is 0.326 e. The van der Waals surface area contributed by atoms with Crippen LogP contribution in [0.2, 0.25) is 0 Å². The zero-order chi connectivity index (χ0) is 13.5. The second-order valence-electron chi connectivity index (χ2n) is 4.34. The molecule has 6 heteroatoms. The van der Waals surface area contributed by atoms with E-state index >= 15 is 0 Å². The molecule has 0 spiro atoms. The average molecular weight is 270 g/mol. The van der Waals surface area contributed by atoms with Gasteiger partial charge in [-0.1, -0.05) is 13.8 Å². The lowest BCUT2D eigenvalue weighted by molar-refractivity contribution is -0.140. The van der Waals surface area contributed by atoms with Gasteiger partial charge in [0, 0.05) is 6.54 Å². The van der Waals surface area contributed by atoms with Crippen LogP contribution in [0.15, 0.2) is 16.8 Å². The average Bonchev–Trinajstić information content (AvgIpc) is 2.78. The van der Waals surface area contributed by atoms with Crippen LogP contribution in [0.3, 0.4) is 0 Å². The number of carboxylic acid groups (broad SMARTS) is 1. The number of nitrogens with one attached hydrogen (secondary N) is 2. The Morgan fingerprint density at radius 1 is 1.44 bits per heavy atom. The first kappa shape index (κ1) is 14.5. The first-order valence-corrected chi connectivity index (χ1v) is 6.73. The number of aliphatic carboxylic acids is 1. The third kappa shape index (κ3) is 4.75. The van der Waals surface area contributed by atoms with Gasteiger partial charge in [-0.3, -0.25) is 0 Å². The topological polar surface area (TPSA) is 78.4 Å². The summed E-state index contributed by atoms with van der Waals surface area (Å²) in [4.78, 5) is 22.4. The molecule has 0 saturated heterocycles. The van der Waals surface area contributed by atoms with Gasteiger partial charge in [0.15, 0.2) is 0 Å². The molecule has 0 bridgehead atoms. The lowest BCUT2D eigenvalue weighted by atomic mass is 10.1. The van der Waals surface area contributed by atoms with Crippen molar-refractivity contribution < 1.29 is 14.7 Å². The molecule has 0 saturated carbocycles. The highest BCUT2D eigenvalue weighted by Gasteiger charge is 2.22. The van der Waals surface area contributed by atoms with Crippen molar-refractivity contribution in [2.24, 2.45) is 5.92 Å². The molecule has 100 valence electrons. The monoisotopic (exact) mass is 270 g/mol. The van der Waals surface area contributed by atoms with Gasteiger partial charge < -0.3 is 15.7 Å². The minimum Gasteiger partial charge on any atom is -0.480 e. The predicted octanol–water partition coefficient (Wildman–Crippen LogP) is 1.70. The van der Waals surface area contributed by atoms with Crippen molar-refractivity contribution in [2.75, 3.05) is 6.54 Å². The molecule has 1 unspecified atom stereocenters. The van der Waals surface area contributed by atoms with Crippen LogP contribution >= 0.6 is 11.3 Å².